The summed E-state index contributed by atoms with van der Waals surface area (Å²) in [7, 11) is 0. The van der Waals surface area contributed by atoms with Gasteiger partial charge in [-0.2, -0.15) is 10.2 Å². The van der Waals surface area contributed by atoms with Gasteiger partial charge in [0.2, 0.25) is 0 Å². The summed E-state index contributed by atoms with van der Waals surface area (Å²) in [5.41, 5.74) is 6.28. The van der Waals surface area contributed by atoms with Crippen LogP contribution in [0.5, 0.6) is 0 Å². The van der Waals surface area contributed by atoms with Crippen molar-refractivity contribution in [1.29, 1.82) is 5.26 Å². The Hall–Kier alpha value is -2.30. The van der Waals surface area contributed by atoms with Crippen molar-refractivity contribution in [2.45, 2.75) is 25.8 Å². The molecule has 0 aliphatic heterocycles. The minimum atomic E-state index is -0.830. The van der Waals surface area contributed by atoms with Gasteiger partial charge in [0.25, 0.3) is 5.89 Å². The maximum atomic E-state index is 8.74. The molecular formula is C14H17N5O2. The largest absolute Gasteiger partial charge is 0.379 e. The van der Waals surface area contributed by atoms with E-state index in [0.717, 1.165) is 6.42 Å². The number of hydrogen-bond acceptors (Lipinski definition) is 7. The molecule has 1 unspecified atom stereocenters. The van der Waals surface area contributed by atoms with E-state index in [1.807, 2.05) is 13.0 Å². The molecule has 0 spiro atoms. The minimum absolute atomic E-state index is 0.265. The predicted octanol–water partition coefficient (Wildman–Crippen LogP) is 1.60. The zero-order valence-electron chi connectivity index (χ0n) is 12.0. The molecule has 2 aromatic rings. The van der Waals surface area contributed by atoms with Gasteiger partial charge in [-0.15, -0.1) is 0 Å². The summed E-state index contributed by atoms with van der Waals surface area (Å²) in [4.78, 5) is 8.36. The van der Waals surface area contributed by atoms with Crippen LogP contribution in [-0.2, 0) is 10.3 Å². The van der Waals surface area contributed by atoms with E-state index in [-0.39, 0.29) is 5.89 Å². The number of rotatable bonds is 6. The number of pyridine rings is 1. The van der Waals surface area contributed by atoms with E-state index >= 15 is 0 Å². The zero-order valence-corrected chi connectivity index (χ0v) is 12.0. The van der Waals surface area contributed by atoms with E-state index in [2.05, 4.69) is 15.1 Å². The van der Waals surface area contributed by atoms with Crippen LogP contribution in [0, 0.1) is 11.3 Å². The average molecular weight is 287 g/mol. The third-order valence-electron chi connectivity index (χ3n) is 2.80. The number of nitrogens with zero attached hydrogens (tertiary/aromatic N) is 4. The molecule has 7 heteroatoms. The molecule has 0 saturated heterocycles. The van der Waals surface area contributed by atoms with Crippen molar-refractivity contribution in [3.05, 3.63) is 29.7 Å². The Bertz CT molecular complexity index is 628. The van der Waals surface area contributed by atoms with Crippen LogP contribution in [0.2, 0.25) is 0 Å². The van der Waals surface area contributed by atoms with Gasteiger partial charge >= 0.3 is 0 Å². The average Bonchev–Trinajstić information content (AvgIpc) is 2.98. The summed E-state index contributed by atoms with van der Waals surface area (Å²) < 4.78 is 10.6. The van der Waals surface area contributed by atoms with Crippen LogP contribution in [0.15, 0.2) is 22.9 Å². The highest BCUT2D eigenvalue weighted by Gasteiger charge is 2.28. The first-order valence-electron chi connectivity index (χ1n) is 6.64. The first-order valence-corrected chi connectivity index (χ1v) is 6.64. The van der Waals surface area contributed by atoms with Gasteiger partial charge in [0.05, 0.1) is 12.2 Å². The highest BCUT2D eigenvalue weighted by Crippen LogP contribution is 2.20. The Morgan fingerprint density at radius 3 is 2.90 bits per heavy atom. The van der Waals surface area contributed by atoms with Crippen molar-refractivity contribution in [2.75, 3.05) is 13.2 Å². The van der Waals surface area contributed by atoms with Crippen molar-refractivity contribution < 1.29 is 9.26 Å². The molecule has 1 atom stereocenters. The molecule has 0 aliphatic rings. The fraction of sp³-hybridized carbons (Fsp3) is 0.429. The Kier molecular flexibility index (Phi) is 4.62. The molecule has 0 fully saturated rings. The lowest BCUT2D eigenvalue weighted by Crippen LogP contribution is -2.39. The molecule has 7 nitrogen and oxygen atoms in total. The number of nitriles is 1. The normalized spacial score (nSPS) is 13.6. The molecular weight excluding hydrogens is 270 g/mol. The molecule has 0 bridgehead atoms. The molecule has 0 aliphatic carbocycles. The van der Waals surface area contributed by atoms with Gasteiger partial charge in [-0.3, -0.25) is 0 Å². The molecule has 21 heavy (non-hydrogen) atoms. The summed E-state index contributed by atoms with van der Waals surface area (Å²) in [6, 6.07) is 5.29. The third kappa shape index (κ3) is 3.62. The SMILES string of the molecule is CCCOCC(C)(N)c1noc(-c2ccc(C#N)cn2)n1. The Morgan fingerprint density at radius 2 is 2.29 bits per heavy atom. The lowest BCUT2D eigenvalue weighted by molar-refractivity contribution is 0.0867. The quantitative estimate of drug-likeness (QED) is 0.803. The molecule has 110 valence electrons. The van der Waals surface area contributed by atoms with Crippen molar-refractivity contribution in [3.8, 4) is 17.7 Å². The maximum absolute atomic E-state index is 8.74. The second-order valence-corrected chi connectivity index (χ2v) is 4.94. The predicted molar refractivity (Wildman–Crippen MR) is 74.9 cm³/mol. The highest BCUT2D eigenvalue weighted by molar-refractivity contribution is 5.47. The Balaban J connectivity index is 2.14. The van der Waals surface area contributed by atoms with Crippen LogP contribution >= 0.6 is 0 Å². The molecule has 0 saturated carbocycles. The van der Waals surface area contributed by atoms with Crippen molar-refractivity contribution in [2.24, 2.45) is 5.73 Å². The van der Waals surface area contributed by atoms with E-state index in [1.165, 1.54) is 6.20 Å². The van der Waals surface area contributed by atoms with Crippen LogP contribution in [-0.4, -0.2) is 28.3 Å². The van der Waals surface area contributed by atoms with Crippen molar-refractivity contribution >= 4 is 0 Å². The fourth-order valence-corrected chi connectivity index (χ4v) is 1.64. The van der Waals surface area contributed by atoms with Gasteiger partial charge in [-0.25, -0.2) is 4.98 Å². The number of aromatic nitrogens is 3. The van der Waals surface area contributed by atoms with Crippen molar-refractivity contribution in [3.63, 3.8) is 0 Å². The van der Waals surface area contributed by atoms with Gasteiger partial charge in [0, 0.05) is 12.8 Å². The minimum Gasteiger partial charge on any atom is -0.379 e. The standard InChI is InChI=1S/C14H17N5O2/c1-3-6-20-9-14(2,16)13-18-12(21-19-13)11-5-4-10(7-15)8-17-11/h4-5,8H,3,6,9,16H2,1-2H3. The van der Waals surface area contributed by atoms with E-state index in [9.17, 15) is 0 Å². The lowest BCUT2D eigenvalue weighted by atomic mass is 10.1. The molecule has 2 rings (SSSR count). The van der Waals surface area contributed by atoms with Crippen LogP contribution in [0.4, 0.5) is 0 Å². The van der Waals surface area contributed by atoms with E-state index < -0.39 is 5.54 Å². The smallest absolute Gasteiger partial charge is 0.276 e. The number of hydrogen-bond donors (Lipinski definition) is 1. The summed E-state index contributed by atoms with van der Waals surface area (Å²) in [6.45, 7) is 4.75. The van der Waals surface area contributed by atoms with Gasteiger partial charge in [0.15, 0.2) is 5.82 Å². The summed E-state index contributed by atoms with van der Waals surface area (Å²) in [6.07, 6.45) is 2.37. The van der Waals surface area contributed by atoms with Crippen LogP contribution in [0.25, 0.3) is 11.6 Å². The van der Waals surface area contributed by atoms with Crippen LogP contribution in [0.1, 0.15) is 31.7 Å². The first kappa shape index (κ1) is 15.1. The summed E-state index contributed by atoms with van der Waals surface area (Å²) >= 11 is 0. The molecule has 0 aromatic carbocycles. The molecule has 2 N–H and O–H groups in total. The summed E-state index contributed by atoms with van der Waals surface area (Å²) in [5, 5.41) is 12.6. The number of ether oxygens (including phenoxy) is 1. The lowest BCUT2D eigenvalue weighted by Gasteiger charge is -2.19. The highest BCUT2D eigenvalue weighted by atomic mass is 16.5. The van der Waals surface area contributed by atoms with Crippen molar-refractivity contribution in [1.82, 2.24) is 15.1 Å². The van der Waals surface area contributed by atoms with E-state index in [4.69, 9.17) is 20.3 Å². The number of nitrogens with two attached hydrogens (primary N) is 1. The van der Waals surface area contributed by atoms with Gasteiger partial charge < -0.3 is 15.0 Å². The van der Waals surface area contributed by atoms with Crippen LogP contribution < -0.4 is 5.73 Å². The molecule has 0 radical (unpaired) electrons. The first-order chi connectivity index (χ1) is 10.1. The third-order valence-corrected chi connectivity index (χ3v) is 2.80. The molecule has 0 amide bonds. The second-order valence-electron chi connectivity index (χ2n) is 4.94. The topological polar surface area (TPSA) is 111 Å². The fourth-order valence-electron chi connectivity index (χ4n) is 1.64. The Morgan fingerprint density at radius 1 is 1.48 bits per heavy atom. The van der Waals surface area contributed by atoms with E-state index in [1.54, 1.807) is 19.1 Å². The van der Waals surface area contributed by atoms with Gasteiger partial charge in [0.1, 0.15) is 17.3 Å². The zero-order chi connectivity index (χ0) is 15.3. The van der Waals surface area contributed by atoms with E-state index in [0.29, 0.717) is 30.3 Å². The Labute approximate surface area is 122 Å². The maximum Gasteiger partial charge on any atom is 0.276 e. The monoisotopic (exact) mass is 287 g/mol. The summed E-state index contributed by atoms with van der Waals surface area (Å²) in [5.74, 6) is 0.626. The molecule has 2 aromatic heterocycles. The molecule has 2 heterocycles. The van der Waals surface area contributed by atoms with Crippen LogP contribution in [0.3, 0.4) is 0 Å². The second kappa shape index (κ2) is 6.43. The van der Waals surface area contributed by atoms with Gasteiger partial charge in [-0.05, 0) is 25.5 Å². The van der Waals surface area contributed by atoms with Gasteiger partial charge in [-0.1, -0.05) is 12.1 Å².